The zero-order chi connectivity index (χ0) is 18.2. The van der Waals surface area contributed by atoms with Gasteiger partial charge in [-0.1, -0.05) is 0 Å². The highest BCUT2D eigenvalue weighted by atomic mass is 32.1. The Bertz CT molecular complexity index is 744. The molecule has 2 aromatic rings. The number of amides is 1. The van der Waals surface area contributed by atoms with Crippen molar-refractivity contribution >= 4 is 28.3 Å². The molecule has 0 aliphatic rings. The summed E-state index contributed by atoms with van der Waals surface area (Å²) in [6, 6.07) is 5.45. The summed E-state index contributed by atoms with van der Waals surface area (Å²) in [6.45, 7) is 2.00. The van der Waals surface area contributed by atoms with Gasteiger partial charge in [0.05, 0.1) is 20.8 Å². The third kappa shape index (κ3) is 5.18. The van der Waals surface area contributed by atoms with Gasteiger partial charge in [-0.2, -0.15) is 0 Å². The summed E-state index contributed by atoms with van der Waals surface area (Å²) in [6.07, 6.45) is 0.736. The molecule has 0 aliphatic carbocycles. The van der Waals surface area contributed by atoms with Crippen molar-refractivity contribution in [3.8, 4) is 11.5 Å². The Balaban J connectivity index is 1.94. The van der Waals surface area contributed by atoms with Crippen LogP contribution in [0.4, 0.5) is 5.13 Å². The number of methoxy groups -OCH3 is 2. The second-order valence-electron chi connectivity index (χ2n) is 4.98. The van der Waals surface area contributed by atoms with Crippen LogP contribution in [0.1, 0.15) is 29.4 Å². The Kier molecular flexibility index (Phi) is 6.76. The molecule has 0 aliphatic heterocycles. The van der Waals surface area contributed by atoms with E-state index in [0.29, 0.717) is 23.1 Å². The molecule has 134 valence electrons. The molecule has 25 heavy (non-hydrogen) atoms. The van der Waals surface area contributed by atoms with Crippen LogP contribution in [0.15, 0.2) is 23.6 Å². The minimum absolute atomic E-state index is 0.191. The Morgan fingerprint density at radius 3 is 2.72 bits per heavy atom. The van der Waals surface area contributed by atoms with Gasteiger partial charge in [0, 0.05) is 11.8 Å². The summed E-state index contributed by atoms with van der Waals surface area (Å²) in [4.78, 5) is 27.7. The number of hydrogen-bond donors (Lipinski definition) is 1. The molecular weight excluding hydrogens is 344 g/mol. The number of carbonyl (C=O) groups is 2. The Morgan fingerprint density at radius 2 is 2.04 bits per heavy atom. The van der Waals surface area contributed by atoms with Crippen molar-refractivity contribution in [2.75, 3.05) is 26.1 Å². The van der Waals surface area contributed by atoms with Crippen LogP contribution >= 0.6 is 11.3 Å². The van der Waals surface area contributed by atoms with Crippen LogP contribution in [0.25, 0.3) is 0 Å². The fourth-order valence-corrected chi connectivity index (χ4v) is 2.83. The van der Waals surface area contributed by atoms with E-state index < -0.39 is 5.97 Å². The minimum Gasteiger partial charge on any atom is -0.497 e. The molecule has 7 nitrogen and oxygen atoms in total. The zero-order valence-corrected chi connectivity index (χ0v) is 15.1. The lowest BCUT2D eigenvalue weighted by Gasteiger charge is -2.10. The number of thiazole rings is 1. The fraction of sp³-hybridized carbons (Fsp3) is 0.353. The minimum atomic E-state index is -0.500. The summed E-state index contributed by atoms with van der Waals surface area (Å²) in [7, 11) is 3.17. The largest absolute Gasteiger partial charge is 0.497 e. The van der Waals surface area contributed by atoms with Crippen LogP contribution in [-0.2, 0) is 16.0 Å². The third-order valence-corrected chi connectivity index (χ3v) is 4.10. The van der Waals surface area contributed by atoms with Crippen molar-refractivity contribution in [3.05, 3.63) is 34.8 Å². The Morgan fingerprint density at radius 1 is 1.24 bits per heavy atom. The number of rotatable bonds is 8. The Labute approximate surface area is 149 Å². The molecule has 0 bridgehead atoms. The maximum absolute atomic E-state index is 12.1. The van der Waals surface area contributed by atoms with Crippen molar-refractivity contribution in [2.24, 2.45) is 0 Å². The fourth-order valence-electron chi connectivity index (χ4n) is 2.14. The zero-order valence-electron chi connectivity index (χ0n) is 14.3. The summed E-state index contributed by atoms with van der Waals surface area (Å²) >= 11 is 1.18. The maximum atomic E-state index is 12.1. The van der Waals surface area contributed by atoms with Crippen LogP contribution < -0.4 is 14.8 Å². The van der Waals surface area contributed by atoms with Crippen LogP contribution in [0, 0.1) is 0 Å². The monoisotopic (exact) mass is 364 g/mol. The predicted octanol–water partition coefficient (Wildman–Crippen LogP) is 2.91. The van der Waals surface area contributed by atoms with Gasteiger partial charge in [0.15, 0.2) is 10.8 Å². The van der Waals surface area contributed by atoms with Crippen molar-refractivity contribution in [1.29, 1.82) is 0 Å². The number of esters is 1. The first kappa shape index (κ1) is 18.7. The van der Waals surface area contributed by atoms with E-state index in [1.165, 1.54) is 11.3 Å². The van der Waals surface area contributed by atoms with E-state index in [1.807, 2.05) is 6.07 Å². The summed E-state index contributed by atoms with van der Waals surface area (Å²) in [5, 5.41) is 4.60. The van der Waals surface area contributed by atoms with Crippen molar-refractivity contribution in [3.63, 3.8) is 0 Å². The number of nitrogens with one attached hydrogen (secondary N) is 1. The van der Waals surface area contributed by atoms with Gasteiger partial charge in [-0.05, 0) is 37.1 Å². The molecule has 0 saturated heterocycles. The van der Waals surface area contributed by atoms with Gasteiger partial charge in [-0.25, -0.2) is 9.78 Å². The normalized spacial score (nSPS) is 10.2. The molecule has 0 radical (unpaired) electrons. The molecule has 1 N–H and O–H groups in total. The van der Waals surface area contributed by atoms with Crippen molar-refractivity contribution < 1.29 is 23.8 Å². The molecule has 1 heterocycles. The summed E-state index contributed by atoms with van der Waals surface area (Å²) < 4.78 is 15.4. The van der Waals surface area contributed by atoms with Crippen LogP contribution in [-0.4, -0.2) is 37.7 Å². The molecule has 0 fully saturated rings. The van der Waals surface area contributed by atoms with E-state index >= 15 is 0 Å². The first-order valence-electron chi connectivity index (χ1n) is 7.70. The molecule has 1 amide bonds. The topological polar surface area (TPSA) is 86.8 Å². The molecule has 2 rings (SSSR count). The quantitative estimate of drug-likeness (QED) is 0.725. The third-order valence-electron chi connectivity index (χ3n) is 3.34. The van der Waals surface area contributed by atoms with Gasteiger partial charge in [-0.3, -0.25) is 4.79 Å². The van der Waals surface area contributed by atoms with E-state index in [0.717, 1.165) is 5.56 Å². The second kappa shape index (κ2) is 9.03. The highest BCUT2D eigenvalue weighted by Crippen LogP contribution is 2.25. The van der Waals surface area contributed by atoms with Gasteiger partial charge in [0.2, 0.25) is 5.91 Å². The lowest BCUT2D eigenvalue weighted by molar-refractivity contribution is -0.116. The lowest BCUT2D eigenvalue weighted by atomic mass is 10.1. The first-order chi connectivity index (χ1) is 12.1. The average molecular weight is 364 g/mol. The lowest BCUT2D eigenvalue weighted by Crippen LogP contribution is -2.13. The van der Waals surface area contributed by atoms with E-state index in [1.54, 1.807) is 38.7 Å². The summed E-state index contributed by atoms with van der Waals surface area (Å²) in [5.74, 6) is 0.706. The average Bonchev–Trinajstić information content (AvgIpc) is 3.08. The molecule has 1 aromatic heterocycles. The van der Waals surface area contributed by atoms with Crippen LogP contribution in [0.2, 0.25) is 0 Å². The SMILES string of the molecule is CCOC(=O)c1csc(NC(=O)CCc2cc(OC)ccc2OC)n1. The van der Waals surface area contributed by atoms with E-state index in [9.17, 15) is 9.59 Å². The van der Waals surface area contributed by atoms with Gasteiger partial charge >= 0.3 is 5.97 Å². The molecule has 0 spiro atoms. The first-order valence-corrected chi connectivity index (χ1v) is 8.58. The van der Waals surface area contributed by atoms with Gasteiger partial charge in [0.25, 0.3) is 0 Å². The van der Waals surface area contributed by atoms with Gasteiger partial charge < -0.3 is 19.5 Å². The number of anilines is 1. The molecule has 0 atom stereocenters. The number of aromatic nitrogens is 1. The van der Waals surface area contributed by atoms with Crippen LogP contribution in [0.3, 0.4) is 0 Å². The number of aryl methyl sites for hydroxylation is 1. The molecular formula is C17H20N2O5S. The molecule has 0 unspecified atom stereocenters. The Hall–Kier alpha value is -2.61. The van der Waals surface area contributed by atoms with E-state index in [2.05, 4.69) is 10.3 Å². The second-order valence-corrected chi connectivity index (χ2v) is 5.84. The highest BCUT2D eigenvalue weighted by molar-refractivity contribution is 7.14. The smallest absolute Gasteiger partial charge is 0.357 e. The van der Waals surface area contributed by atoms with Crippen LogP contribution in [0.5, 0.6) is 11.5 Å². The molecule has 0 saturated carbocycles. The van der Waals surface area contributed by atoms with Gasteiger partial charge in [-0.15, -0.1) is 11.3 Å². The number of carbonyl (C=O) groups excluding carboxylic acids is 2. The van der Waals surface area contributed by atoms with Crippen molar-refractivity contribution in [2.45, 2.75) is 19.8 Å². The maximum Gasteiger partial charge on any atom is 0.357 e. The molecule has 8 heteroatoms. The number of hydrogen-bond acceptors (Lipinski definition) is 7. The van der Waals surface area contributed by atoms with E-state index in [4.69, 9.17) is 14.2 Å². The standard InChI is InChI=1S/C17H20N2O5S/c1-4-24-16(21)13-10-25-17(18-13)19-15(20)8-5-11-9-12(22-2)6-7-14(11)23-3/h6-7,9-10H,4-5,8H2,1-3H3,(H,18,19,20). The van der Waals surface area contributed by atoms with Crippen molar-refractivity contribution in [1.82, 2.24) is 4.98 Å². The number of ether oxygens (including phenoxy) is 3. The number of benzene rings is 1. The highest BCUT2D eigenvalue weighted by Gasteiger charge is 2.14. The number of nitrogens with zero attached hydrogens (tertiary/aromatic N) is 1. The van der Waals surface area contributed by atoms with Gasteiger partial charge in [0.1, 0.15) is 11.5 Å². The molecule has 1 aromatic carbocycles. The van der Waals surface area contributed by atoms with E-state index in [-0.39, 0.29) is 24.6 Å². The predicted molar refractivity (Wildman–Crippen MR) is 94.6 cm³/mol. The summed E-state index contributed by atoms with van der Waals surface area (Å²) in [5.41, 5.74) is 1.07.